The Balaban J connectivity index is 2.00. The van der Waals surface area contributed by atoms with E-state index < -0.39 is 5.91 Å². The van der Waals surface area contributed by atoms with Crippen molar-refractivity contribution in [1.82, 2.24) is 9.55 Å². The molecule has 0 bridgehead atoms. The molecule has 1 N–H and O–H groups in total. The van der Waals surface area contributed by atoms with Crippen molar-refractivity contribution in [2.24, 2.45) is 7.05 Å². The molecule has 0 spiro atoms. The Bertz CT molecular complexity index is 1030. The molecule has 0 saturated heterocycles. The summed E-state index contributed by atoms with van der Waals surface area (Å²) in [7, 11) is 1.78. The Kier molecular flexibility index (Phi) is 4.02. The number of anilines is 1. The number of pyridine rings is 1. The molecule has 1 aromatic carbocycles. The SMILES string of the molecule is CC(=O)c1sc(NC(=O)c2cn(C)c3ccccc3c2=O)nc1C. The highest BCUT2D eigenvalue weighted by molar-refractivity contribution is 7.17. The summed E-state index contributed by atoms with van der Waals surface area (Å²) in [6.45, 7) is 3.16. The summed E-state index contributed by atoms with van der Waals surface area (Å²) >= 11 is 1.10. The minimum Gasteiger partial charge on any atom is -0.350 e. The molecule has 24 heavy (non-hydrogen) atoms. The van der Waals surface area contributed by atoms with Crippen molar-refractivity contribution in [3.05, 3.63) is 56.8 Å². The van der Waals surface area contributed by atoms with Crippen LogP contribution in [0.5, 0.6) is 0 Å². The molecule has 0 aliphatic carbocycles. The highest BCUT2D eigenvalue weighted by Crippen LogP contribution is 2.23. The molecule has 7 heteroatoms. The fourth-order valence-corrected chi connectivity index (χ4v) is 3.40. The molecule has 0 atom stereocenters. The van der Waals surface area contributed by atoms with Crippen LogP contribution in [-0.2, 0) is 7.05 Å². The first kappa shape index (κ1) is 16.1. The third-order valence-corrected chi connectivity index (χ3v) is 4.85. The first-order valence-electron chi connectivity index (χ1n) is 7.26. The molecule has 0 fully saturated rings. The van der Waals surface area contributed by atoms with E-state index >= 15 is 0 Å². The monoisotopic (exact) mass is 341 g/mol. The van der Waals surface area contributed by atoms with Crippen LogP contribution >= 0.6 is 11.3 Å². The van der Waals surface area contributed by atoms with Crippen LogP contribution in [0.25, 0.3) is 10.9 Å². The molecule has 2 heterocycles. The van der Waals surface area contributed by atoms with Gasteiger partial charge in [-0.1, -0.05) is 23.5 Å². The zero-order chi connectivity index (χ0) is 17.4. The minimum absolute atomic E-state index is 0.0356. The van der Waals surface area contributed by atoms with E-state index in [2.05, 4.69) is 10.3 Å². The van der Waals surface area contributed by atoms with Crippen LogP contribution < -0.4 is 10.7 Å². The molecule has 0 aliphatic rings. The lowest BCUT2D eigenvalue weighted by Crippen LogP contribution is -2.23. The standard InChI is InChI=1S/C17H15N3O3S/c1-9-15(10(2)21)24-17(18-9)19-16(23)12-8-20(3)13-7-5-4-6-11(13)14(12)22/h4-8H,1-3H3,(H,18,19,23). The first-order chi connectivity index (χ1) is 11.4. The fourth-order valence-electron chi connectivity index (χ4n) is 2.54. The number of amides is 1. The highest BCUT2D eigenvalue weighted by atomic mass is 32.1. The van der Waals surface area contributed by atoms with Gasteiger partial charge in [-0.05, 0) is 19.1 Å². The van der Waals surface area contributed by atoms with E-state index in [0.29, 0.717) is 21.1 Å². The predicted molar refractivity (Wildman–Crippen MR) is 94.0 cm³/mol. The molecular weight excluding hydrogens is 326 g/mol. The summed E-state index contributed by atoms with van der Waals surface area (Å²) < 4.78 is 1.74. The zero-order valence-electron chi connectivity index (χ0n) is 13.4. The van der Waals surface area contributed by atoms with Gasteiger partial charge in [-0.3, -0.25) is 19.7 Å². The second kappa shape index (κ2) is 6.01. The van der Waals surface area contributed by atoms with Crippen LogP contribution in [0.3, 0.4) is 0 Å². The van der Waals surface area contributed by atoms with Crippen molar-refractivity contribution in [2.75, 3.05) is 5.32 Å². The van der Waals surface area contributed by atoms with Gasteiger partial charge < -0.3 is 4.57 Å². The third-order valence-electron chi connectivity index (χ3n) is 3.68. The summed E-state index contributed by atoms with van der Waals surface area (Å²) in [5.41, 5.74) is 1.02. The van der Waals surface area contributed by atoms with E-state index in [-0.39, 0.29) is 16.8 Å². The number of ketones is 1. The summed E-state index contributed by atoms with van der Waals surface area (Å²) in [5.74, 6) is -0.641. The summed E-state index contributed by atoms with van der Waals surface area (Å²) in [6, 6.07) is 7.11. The van der Waals surface area contributed by atoms with Gasteiger partial charge in [0.2, 0.25) is 5.43 Å². The maximum Gasteiger partial charge on any atom is 0.262 e. The lowest BCUT2D eigenvalue weighted by molar-refractivity contribution is 0.101. The van der Waals surface area contributed by atoms with Crippen LogP contribution in [0.4, 0.5) is 5.13 Å². The average molecular weight is 341 g/mol. The van der Waals surface area contributed by atoms with Gasteiger partial charge in [-0.2, -0.15) is 0 Å². The Morgan fingerprint density at radius 1 is 1.25 bits per heavy atom. The second-order valence-corrected chi connectivity index (χ2v) is 6.44. The molecule has 6 nitrogen and oxygen atoms in total. The average Bonchev–Trinajstić information content (AvgIpc) is 2.91. The van der Waals surface area contributed by atoms with Crippen LogP contribution in [0.15, 0.2) is 35.3 Å². The number of carbonyl (C=O) groups excluding carboxylic acids is 2. The van der Waals surface area contributed by atoms with Gasteiger partial charge >= 0.3 is 0 Å². The van der Waals surface area contributed by atoms with Crippen LogP contribution in [0.2, 0.25) is 0 Å². The van der Waals surface area contributed by atoms with Gasteiger partial charge in [0.25, 0.3) is 5.91 Å². The lowest BCUT2D eigenvalue weighted by Gasteiger charge is -2.08. The molecule has 0 saturated carbocycles. The maximum atomic E-state index is 12.5. The molecular formula is C17H15N3O3S. The largest absolute Gasteiger partial charge is 0.350 e. The number of rotatable bonds is 3. The maximum absolute atomic E-state index is 12.5. The van der Waals surface area contributed by atoms with Crippen LogP contribution in [0, 0.1) is 6.92 Å². The molecule has 3 aromatic rings. The number of hydrogen-bond acceptors (Lipinski definition) is 5. The van der Waals surface area contributed by atoms with Crippen molar-refractivity contribution < 1.29 is 9.59 Å². The van der Waals surface area contributed by atoms with E-state index in [1.165, 1.54) is 13.1 Å². The predicted octanol–water partition coefficient (Wildman–Crippen LogP) is 2.76. The summed E-state index contributed by atoms with van der Waals surface area (Å²) in [6.07, 6.45) is 1.51. The van der Waals surface area contributed by atoms with E-state index in [1.807, 2.05) is 12.1 Å². The molecule has 0 radical (unpaired) electrons. The first-order valence-corrected chi connectivity index (χ1v) is 8.08. The number of benzene rings is 1. The molecule has 0 aliphatic heterocycles. The second-order valence-electron chi connectivity index (χ2n) is 5.44. The zero-order valence-corrected chi connectivity index (χ0v) is 14.2. The van der Waals surface area contributed by atoms with Gasteiger partial charge in [0.05, 0.1) is 16.1 Å². The van der Waals surface area contributed by atoms with Gasteiger partial charge in [0.1, 0.15) is 5.56 Å². The number of Topliss-reactive ketones (excluding diaryl/α,β-unsaturated/α-hetero) is 1. The van der Waals surface area contributed by atoms with E-state index in [4.69, 9.17) is 0 Å². The van der Waals surface area contributed by atoms with Crippen molar-refractivity contribution in [2.45, 2.75) is 13.8 Å². The number of fused-ring (bicyclic) bond motifs is 1. The number of hydrogen-bond donors (Lipinski definition) is 1. The summed E-state index contributed by atoms with van der Waals surface area (Å²) in [5, 5.41) is 3.39. The molecule has 122 valence electrons. The van der Waals surface area contributed by atoms with Crippen molar-refractivity contribution in [3.63, 3.8) is 0 Å². The molecule has 0 unspecified atom stereocenters. The number of thiazole rings is 1. The number of carbonyl (C=O) groups is 2. The molecule has 1 amide bonds. The molecule has 3 rings (SSSR count). The van der Waals surface area contributed by atoms with E-state index in [9.17, 15) is 14.4 Å². The van der Waals surface area contributed by atoms with Gasteiger partial charge in [-0.25, -0.2) is 4.98 Å². The molecule has 2 aromatic heterocycles. The minimum atomic E-state index is -0.537. The van der Waals surface area contributed by atoms with Crippen molar-refractivity contribution in [3.8, 4) is 0 Å². The Labute approximate surface area is 141 Å². The normalized spacial score (nSPS) is 10.8. The number of aromatic nitrogens is 2. The smallest absolute Gasteiger partial charge is 0.262 e. The van der Waals surface area contributed by atoms with Crippen LogP contribution in [-0.4, -0.2) is 21.2 Å². The Morgan fingerprint density at radius 2 is 1.96 bits per heavy atom. The van der Waals surface area contributed by atoms with E-state index in [1.54, 1.807) is 30.7 Å². The Morgan fingerprint density at radius 3 is 2.62 bits per heavy atom. The quantitative estimate of drug-likeness (QED) is 0.743. The number of aryl methyl sites for hydroxylation is 2. The lowest BCUT2D eigenvalue weighted by atomic mass is 10.1. The van der Waals surface area contributed by atoms with Crippen molar-refractivity contribution >= 4 is 39.1 Å². The number of nitrogens with one attached hydrogen (secondary N) is 1. The highest BCUT2D eigenvalue weighted by Gasteiger charge is 2.18. The van der Waals surface area contributed by atoms with Gasteiger partial charge in [0.15, 0.2) is 10.9 Å². The van der Waals surface area contributed by atoms with Crippen LogP contribution in [0.1, 0.15) is 32.6 Å². The number of para-hydroxylation sites is 1. The van der Waals surface area contributed by atoms with E-state index in [0.717, 1.165) is 16.9 Å². The topological polar surface area (TPSA) is 81.1 Å². The summed E-state index contributed by atoms with van der Waals surface area (Å²) in [4.78, 5) is 41.2. The fraction of sp³-hybridized carbons (Fsp3) is 0.176. The van der Waals surface area contributed by atoms with Crippen molar-refractivity contribution in [1.29, 1.82) is 0 Å². The van der Waals surface area contributed by atoms with Gasteiger partial charge in [-0.15, -0.1) is 0 Å². The Hall–Kier alpha value is -2.80. The third kappa shape index (κ3) is 2.74. The number of nitrogens with zero attached hydrogens (tertiary/aromatic N) is 2. The van der Waals surface area contributed by atoms with Gasteiger partial charge in [0, 0.05) is 25.6 Å².